The van der Waals surface area contributed by atoms with E-state index in [1.54, 1.807) is 0 Å². The average Bonchev–Trinajstić information content (AvgIpc) is 3.26. The van der Waals surface area contributed by atoms with Crippen LogP contribution in [0.2, 0.25) is 0 Å². The van der Waals surface area contributed by atoms with E-state index in [-0.39, 0.29) is 48.8 Å². The maximum Gasteiger partial charge on any atom is 0.307 e. The molecule has 2 amide bonds. The molecule has 3 heterocycles. The highest BCUT2D eigenvalue weighted by molar-refractivity contribution is 7.23. The summed E-state index contributed by atoms with van der Waals surface area (Å²) < 4.78 is 7.72. The van der Waals surface area contributed by atoms with Crippen LogP contribution in [-0.2, 0) is 25.7 Å². The van der Waals surface area contributed by atoms with Crippen LogP contribution in [0.5, 0.6) is 0 Å². The van der Waals surface area contributed by atoms with Crippen LogP contribution in [0.3, 0.4) is 0 Å². The molecular weight excluding hydrogens is 418 g/mol. The zero-order valence-electron chi connectivity index (χ0n) is 16.5. The number of amides is 2. The summed E-state index contributed by atoms with van der Waals surface area (Å²) in [6.07, 6.45) is 4.89. The number of allylic oxidation sites excluding steroid dienone is 2. The lowest BCUT2D eigenvalue weighted by Gasteiger charge is -2.14. The molecule has 3 aromatic rings. The van der Waals surface area contributed by atoms with Crippen LogP contribution in [0.25, 0.3) is 15.2 Å². The Morgan fingerprint density at radius 3 is 2.55 bits per heavy atom. The number of esters is 1. The van der Waals surface area contributed by atoms with E-state index in [4.69, 9.17) is 4.74 Å². The molecule has 1 fully saturated rings. The predicted octanol–water partition coefficient (Wildman–Crippen LogP) is 2.29. The smallest absolute Gasteiger partial charge is 0.307 e. The number of thiazole rings is 1. The van der Waals surface area contributed by atoms with Crippen molar-refractivity contribution in [1.29, 1.82) is 0 Å². The van der Waals surface area contributed by atoms with Gasteiger partial charge in [0.2, 0.25) is 11.8 Å². The molecule has 0 radical (unpaired) electrons. The lowest BCUT2D eigenvalue weighted by Crippen LogP contribution is -2.33. The SMILES string of the molecule is O=C(CCN1C(=O)[C@@H]2CC=CC[C@H]2C1=O)OCc1cc(=O)n2c(n1)sc1ccccc12. The Kier molecular flexibility index (Phi) is 4.90. The van der Waals surface area contributed by atoms with Crippen molar-refractivity contribution in [2.24, 2.45) is 11.8 Å². The van der Waals surface area contributed by atoms with Crippen molar-refractivity contribution >= 4 is 44.3 Å². The Balaban J connectivity index is 1.22. The fourth-order valence-corrected chi connectivity index (χ4v) is 5.27. The first-order chi connectivity index (χ1) is 15.0. The van der Waals surface area contributed by atoms with Crippen LogP contribution in [0.4, 0.5) is 0 Å². The van der Waals surface area contributed by atoms with Crippen LogP contribution in [-0.4, -0.2) is 38.6 Å². The molecule has 1 aromatic carbocycles. The van der Waals surface area contributed by atoms with Gasteiger partial charge in [0.15, 0.2) is 4.96 Å². The lowest BCUT2D eigenvalue weighted by atomic mass is 9.85. The molecule has 1 saturated heterocycles. The molecule has 31 heavy (non-hydrogen) atoms. The number of benzene rings is 1. The van der Waals surface area contributed by atoms with Gasteiger partial charge >= 0.3 is 5.97 Å². The van der Waals surface area contributed by atoms with Gasteiger partial charge in [-0.1, -0.05) is 35.6 Å². The van der Waals surface area contributed by atoms with Crippen LogP contribution in [0.15, 0.2) is 47.3 Å². The van der Waals surface area contributed by atoms with Crippen molar-refractivity contribution < 1.29 is 19.1 Å². The third-order valence-electron chi connectivity index (χ3n) is 5.77. The minimum absolute atomic E-state index is 0.00886. The van der Waals surface area contributed by atoms with Crippen molar-refractivity contribution in [1.82, 2.24) is 14.3 Å². The van der Waals surface area contributed by atoms with Gasteiger partial charge in [0.25, 0.3) is 5.56 Å². The monoisotopic (exact) mass is 437 g/mol. The summed E-state index contributed by atoms with van der Waals surface area (Å²) >= 11 is 1.39. The third-order valence-corrected chi connectivity index (χ3v) is 6.79. The Hall–Kier alpha value is -3.33. The maximum atomic E-state index is 12.5. The molecular formula is C22H19N3O5S. The number of carbonyl (C=O) groups excluding carboxylic acids is 3. The molecule has 8 nitrogen and oxygen atoms in total. The van der Waals surface area contributed by atoms with Crippen LogP contribution < -0.4 is 5.56 Å². The second-order valence-electron chi connectivity index (χ2n) is 7.67. The number of fused-ring (bicyclic) bond motifs is 4. The highest BCUT2D eigenvalue weighted by Gasteiger charge is 2.46. The maximum absolute atomic E-state index is 12.5. The Morgan fingerprint density at radius 1 is 1.10 bits per heavy atom. The molecule has 2 aliphatic rings. The van der Waals surface area contributed by atoms with Crippen molar-refractivity contribution in [2.45, 2.75) is 25.9 Å². The molecule has 1 aliphatic carbocycles. The molecule has 2 atom stereocenters. The van der Waals surface area contributed by atoms with Crippen molar-refractivity contribution in [2.75, 3.05) is 6.54 Å². The Morgan fingerprint density at radius 2 is 1.81 bits per heavy atom. The molecule has 9 heteroatoms. The number of para-hydroxylation sites is 1. The number of rotatable bonds is 5. The summed E-state index contributed by atoms with van der Waals surface area (Å²) in [5, 5.41) is 0. The molecule has 0 spiro atoms. The first kappa shape index (κ1) is 19.6. The summed E-state index contributed by atoms with van der Waals surface area (Å²) in [5.41, 5.74) is 0.910. The fourth-order valence-electron chi connectivity index (χ4n) is 4.22. The topological polar surface area (TPSA) is 98.0 Å². The molecule has 5 rings (SSSR count). The van der Waals surface area contributed by atoms with Gasteiger partial charge in [-0.25, -0.2) is 4.98 Å². The number of hydrogen-bond acceptors (Lipinski definition) is 7. The molecule has 0 bridgehead atoms. The van der Waals surface area contributed by atoms with E-state index in [0.717, 1.165) is 10.2 Å². The quantitative estimate of drug-likeness (QED) is 0.345. The van der Waals surface area contributed by atoms with Gasteiger partial charge in [0, 0.05) is 12.6 Å². The van der Waals surface area contributed by atoms with E-state index >= 15 is 0 Å². The number of ether oxygens (including phenoxy) is 1. The Bertz CT molecular complexity index is 1280. The number of hydrogen-bond donors (Lipinski definition) is 0. The molecule has 1 aliphatic heterocycles. The summed E-state index contributed by atoms with van der Waals surface area (Å²) in [4.78, 5) is 55.8. The van der Waals surface area contributed by atoms with Crippen molar-refractivity contribution in [3.8, 4) is 0 Å². The molecule has 158 valence electrons. The first-order valence-corrected chi connectivity index (χ1v) is 10.9. The molecule has 0 unspecified atom stereocenters. The Labute approximate surface area is 180 Å². The van der Waals surface area contributed by atoms with E-state index in [1.165, 1.54) is 26.7 Å². The minimum Gasteiger partial charge on any atom is -0.459 e. The van der Waals surface area contributed by atoms with E-state index < -0.39 is 5.97 Å². The van der Waals surface area contributed by atoms with Crippen LogP contribution in [0, 0.1) is 11.8 Å². The second kappa shape index (κ2) is 7.73. The highest BCUT2D eigenvalue weighted by Crippen LogP contribution is 2.35. The molecule has 0 N–H and O–H groups in total. The van der Waals surface area contributed by atoms with E-state index in [1.807, 2.05) is 36.4 Å². The van der Waals surface area contributed by atoms with Crippen molar-refractivity contribution in [3.05, 3.63) is 58.5 Å². The van der Waals surface area contributed by atoms with Gasteiger partial charge in [0.1, 0.15) is 6.61 Å². The lowest BCUT2D eigenvalue weighted by molar-refractivity contribution is -0.146. The number of aromatic nitrogens is 2. The fraction of sp³-hybridized carbons (Fsp3) is 0.318. The van der Waals surface area contributed by atoms with Gasteiger partial charge in [-0.05, 0) is 25.0 Å². The summed E-state index contributed by atoms with van der Waals surface area (Å²) in [6, 6.07) is 8.88. The van der Waals surface area contributed by atoms with Crippen LogP contribution in [0.1, 0.15) is 25.0 Å². The van der Waals surface area contributed by atoms with E-state index in [9.17, 15) is 19.2 Å². The number of imide groups is 1. The van der Waals surface area contributed by atoms with E-state index in [0.29, 0.717) is 23.5 Å². The van der Waals surface area contributed by atoms with Gasteiger partial charge in [-0.2, -0.15) is 0 Å². The van der Waals surface area contributed by atoms with Crippen LogP contribution >= 0.6 is 11.3 Å². The standard InChI is InChI=1S/C22H19N3O5S/c26-18-11-13(23-22-25(18)16-7-3-4-8-17(16)31-22)12-30-19(27)9-10-24-20(28)14-5-1-2-6-15(14)21(24)29/h1-4,7-8,11,14-15H,5-6,9-10,12H2/t14-,15-/m1/s1. The summed E-state index contributed by atoms with van der Waals surface area (Å²) in [7, 11) is 0. The normalized spacial score (nSPS) is 20.6. The molecule has 0 saturated carbocycles. The van der Waals surface area contributed by atoms with E-state index in [2.05, 4.69) is 4.98 Å². The highest BCUT2D eigenvalue weighted by atomic mass is 32.1. The van der Waals surface area contributed by atoms with Gasteiger partial charge in [-0.15, -0.1) is 0 Å². The van der Waals surface area contributed by atoms with Gasteiger partial charge in [-0.3, -0.25) is 28.5 Å². The number of carbonyl (C=O) groups is 3. The first-order valence-electron chi connectivity index (χ1n) is 10.1. The summed E-state index contributed by atoms with van der Waals surface area (Å²) in [6.45, 7) is -0.134. The minimum atomic E-state index is -0.549. The summed E-state index contributed by atoms with van der Waals surface area (Å²) in [5.74, 6) is -1.58. The third kappa shape index (κ3) is 3.44. The average molecular weight is 437 g/mol. The largest absolute Gasteiger partial charge is 0.459 e. The zero-order chi connectivity index (χ0) is 21.5. The second-order valence-corrected chi connectivity index (χ2v) is 8.68. The molecule has 2 aromatic heterocycles. The predicted molar refractivity (Wildman–Crippen MR) is 113 cm³/mol. The zero-order valence-corrected chi connectivity index (χ0v) is 17.3. The van der Waals surface area contributed by atoms with Gasteiger partial charge in [0.05, 0.1) is 34.2 Å². The number of nitrogens with zero attached hydrogens (tertiary/aromatic N) is 3. The number of likely N-dealkylation sites (tertiary alicyclic amines) is 1. The van der Waals surface area contributed by atoms with Crippen molar-refractivity contribution in [3.63, 3.8) is 0 Å². The van der Waals surface area contributed by atoms with Gasteiger partial charge < -0.3 is 4.74 Å².